The maximum atomic E-state index is 12.5. The zero-order chi connectivity index (χ0) is 13.4. The second-order valence-corrected chi connectivity index (χ2v) is 5.78. The SMILES string of the molecule is O=S(c1ccccc1)n1ccc2c(Cl)nc(Cl)nc21. The summed E-state index contributed by atoms with van der Waals surface area (Å²) in [6.07, 6.45) is 1.66. The van der Waals surface area contributed by atoms with E-state index in [1.54, 1.807) is 24.4 Å². The molecule has 0 N–H and O–H groups in total. The van der Waals surface area contributed by atoms with Crippen LogP contribution in [-0.2, 0) is 11.0 Å². The van der Waals surface area contributed by atoms with Crippen LogP contribution in [0.3, 0.4) is 0 Å². The van der Waals surface area contributed by atoms with E-state index >= 15 is 0 Å². The van der Waals surface area contributed by atoms with E-state index in [0.717, 1.165) is 0 Å². The molecule has 3 rings (SSSR count). The van der Waals surface area contributed by atoms with Crippen LogP contribution in [0.1, 0.15) is 0 Å². The van der Waals surface area contributed by atoms with Crippen molar-refractivity contribution in [2.75, 3.05) is 0 Å². The van der Waals surface area contributed by atoms with Gasteiger partial charge in [0, 0.05) is 6.20 Å². The molecule has 0 aliphatic heterocycles. The Hall–Kier alpha value is -1.43. The molecule has 1 aromatic carbocycles. The summed E-state index contributed by atoms with van der Waals surface area (Å²) in [6, 6.07) is 10.8. The van der Waals surface area contributed by atoms with Gasteiger partial charge in [-0.3, -0.25) is 0 Å². The fourth-order valence-electron chi connectivity index (χ4n) is 1.71. The lowest BCUT2D eigenvalue weighted by molar-refractivity contribution is 0.678. The molecule has 0 amide bonds. The van der Waals surface area contributed by atoms with Gasteiger partial charge < -0.3 is 0 Å². The van der Waals surface area contributed by atoms with Crippen molar-refractivity contribution in [3.8, 4) is 0 Å². The molecule has 0 fully saturated rings. The van der Waals surface area contributed by atoms with E-state index in [1.807, 2.05) is 18.2 Å². The minimum atomic E-state index is -1.40. The van der Waals surface area contributed by atoms with Crippen LogP contribution in [0.5, 0.6) is 0 Å². The highest BCUT2D eigenvalue weighted by molar-refractivity contribution is 7.83. The quantitative estimate of drug-likeness (QED) is 0.539. The summed E-state index contributed by atoms with van der Waals surface area (Å²) < 4.78 is 14.0. The fourth-order valence-corrected chi connectivity index (χ4v) is 3.23. The molecule has 0 radical (unpaired) electrons. The minimum Gasteiger partial charge on any atom is -0.246 e. The van der Waals surface area contributed by atoms with Crippen molar-refractivity contribution in [1.29, 1.82) is 0 Å². The van der Waals surface area contributed by atoms with E-state index < -0.39 is 11.0 Å². The molecule has 7 heteroatoms. The molecule has 0 aliphatic carbocycles. The molecule has 0 spiro atoms. The van der Waals surface area contributed by atoms with Crippen molar-refractivity contribution in [2.45, 2.75) is 4.90 Å². The number of aromatic nitrogens is 3. The molecular formula is C12H7Cl2N3OS. The van der Waals surface area contributed by atoms with Gasteiger partial charge in [0.1, 0.15) is 5.15 Å². The lowest BCUT2D eigenvalue weighted by Crippen LogP contribution is -2.04. The summed E-state index contributed by atoms with van der Waals surface area (Å²) in [5, 5.41) is 0.900. The van der Waals surface area contributed by atoms with Gasteiger partial charge in [-0.05, 0) is 29.8 Å². The number of hydrogen-bond donors (Lipinski definition) is 0. The summed E-state index contributed by atoms with van der Waals surface area (Å²) in [7, 11) is -1.40. The topological polar surface area (TPSA) is 47.8 Å². The van der Waals surface area contributed by atoms with Gasteiger partial charge in [0.2, 0.25) is 5.28 Å². The Morgan fingerprint density at radius 2 is 1.79 bits per heavy atom. The molecule has 96 valence electrons. The van der Waals surface area contributed by atoms with E-state index in [4.69, 9.17) is 23.2 Å². The Bertz CT molecular complexity index is 773. The van der Waals surface area contributed by atoms with Gasteiger partial charge in [-0.15, -0.1) is 0 Å². The Morgan fingerprint density at radius 3 is 2.53 bits per heavy atom. The minimum absolute atomic E-state index is 0.0301. The Morgan fingerprint density at radius 1 is 1.05 bits per heavy atom. The van der Waals surface area contributed by atoms with Crippen LogP contribution in [0.4, 0.5) is 0 Å². The van der Waals surface area contributed by atoms with Crippen molar-refractivity contribution in [1.82, 2.24) is 13.9 Å². The molecule has 2 heterocycles. The van der Waals surface area contributed by atoms with Gasteiger partial charge in [-0.1, -0.05) is 29.8 Å². The van der Waals surface area contributed by atoms with E-state index in [1.165, 1.54) is 3.97 Å². The summed E-state index contributed by atoms with van der Waals surface area (Å²) in [5.74, 6) is 0. The first-order chi connectivity index (χ1) is 9.16. The van der Waals surface area contributed by atoms with E-state index in [9.17, 15) is 4.21 Å². The highest BCUT2D eigenvalue weighted by Gasteiger charge is 2.14. The summed E-state index contributed by atoms with van der Waals surface area (Å²) in [4.78, 5) is 8.61. The first kappa shape index (κ1) is 12.6. The molecule has 3 aromatic rings. The zero-order valence-corrected chi connectivity index (χ0v) is 11.8. The second-order valence-electron chi connectivity index (χ2n) is 3.72. The van der Waals surface area contributed by atoms with Crippen LogP contribution < -0.4 is 0 Å². The van der Waals surface area contributed by atoms with E-state index in [0.29, 0.717) is 15.9 Å². The summed E-state index contributed by atoms with van der Waals surface area (Å²) in [6.45, 7) is 0. The number of benzene rings is 1. The standard InChI is InChI=1S/C12H7Cl2N3OS/c13-10-9-6-7-17(11(9)16-12(14)15-10)19(18)8-4-2-1-3-5-8/h1-7H. The molecular weight excluding hydrogens is 305 g/mol. The van der Waals surface area contributed by atoms with Gasteiger partial charge in [0.15, 0.2) is 16.6 Å². The Labute approximate surface area is 121 Å². The number of fused-ring (bicyclic) bond motifs is 1. The number of halogens is 2. The first-order valence-electron chi connectivity index (χ1n) is 5.34. The Balaban J connectivity index is 2.19. The lowest BCUT2D eigenvalue weighted by atomic mass is 10.4. The van der Waals surface area contributed by atoms with Crippen molar-refractivity contribution >= 4 is 45.2 Å². The van der Waals surface area contributed by atoms with Crippen LogP contribution >= 0.6 is 23.2 Å². The molecule has 19 heavy (non-hydrogen) atoms. The highest BCUT2D eigenvalue weighted by atomic mass is 35.5. The van der Waals surface area contributed by atoms with Gasteiger partial charge in [0.05, 0.1) is 10.3 Å². The van der Waals surface area contributed by atoms with E-state index in [2.05, 4.69) is 9.97 Å². The predicted octanol–water partition coefficient (Wildman–Crippen LogP) is 3.31. The van der Waals surface area contributed by atoms with Gasteiger partial charge in [-0.2, -0.15) is 4.98 Å². The molecule has 2 aromatic heterocycles. The third kappa shape index (κ3) is 2.25. The monoisotopic (exact) mass is 311 g/mol. The fraction of sp³-hybridized carbons (Fsp3) is 0. The first-order valence-corrected chi connectivity index (χ1v) is 7.20. The summed E-state index contributed by atoms with van der Waals surface area (Å²) >= 11 is 11.8. The van der Waals surface area contributed by atoms with E-state index in [-0.39, 0.29) is 10.4 Å². The molecule has 1 unspecified atom stereocenters. The van der Waals surface area contributed by atoms with Crippen LogP contribution in [0, 0.1) is 0 Å². The highest BCUT2D eigenvalue weighted by Crippen LogP contribution is 2.24. The lowest BCUT2D eigenvalue weighted by Gasteiger charge is -2.04. The largest absolute Gasteiger partial charge is 0.246 e. The number of nitrogens with zero attached hydrogens (tertiary/aromatic N) is 3. The zero-order valence-electron chi connectivity index (χ0n) is 9.46. The van der Waals surface area contributed by atoms with Crippen LogP contribution in [0.15, 0.2) is 47.5 Å². The second kappa shape index (κ2) is 4.92. The number of hydrogen-bond acceptors (Lipinski definition) is 3. The molecule has 0 bridgehead atoms. The van der Waals surface area contributed by atoms with Crippen molar-refractivity contribution in [2.24, 2.45) is 0 Å². The van der Waals surface area contributed by atoms with Gasteiger partial charge in [0.25, 0.3) is 0 Å². The van der Waals surface area contributed by atoms with Crippen molar-refractivity contribution < 1.29 is 4.21 Å². The van der Waals surface area contributed by atoms with Crippen LogP contribution in [-0.4, -0.2) is 18.1 Å². The van der Waals surface area contributed by atoms with Gasteiger partial charge >= 0.3 is 0 Å². The third-order valence-corrected chi connectivity index (χ3v) is 4.35. The molecule has 0 aliphatic rings. The normalized spacial score (nSPS) is 12.7. The van der Waals surface area contributed by atoms with Crippen molar-refractivity contribution in [3.63, 3.8) is 0 Å². The molecule has 0 saturated heterocycles. The molecule has 0 saturated carbocycles. The number of rotatable bonds is 2. The van der Waals surface area contributed by atoms with Crippen LogP contribution in [0.25, 0.3) is 11.0 Å². The van der Waals surface area contributed by atoms with Crippen molar-refractivity contribution in [3.05, 3.63) is 53.0 Å². The smallest absolute Gasteiger partial charge is 0.225 e. The average Bonchev–Trinajstić information content (AvgIpc) is 2.83. The molecule has 4 nitrogen and oxygen atoms in total. The summed E-state index contributed by atoms with van der Waals surface area (Å²) in [5.41, 5.74) is 0.451. The predicted molar refractivity (Wildman–Crippen MR) is 75.8 cm³/mol. The average molecular weight is 312 g/mol. The molecule has 1 atom stereocenters. The Kier molecular flexibility index (Phi) is 3.26. The van der Waals surface area contributed by atoms with Gasteiger partial charge in [-0.25, -0.2) is 13.2 Å². The third-order valence-electron chi connectivity index (χ3n) is 2.56. The van der Waals surface area contributed by atoms with Crippen LogP contribution in [0.2, 0.25) is 10.4 Å². The maximum absolute atomic E-state index is 12.5. The maximum Gasteiger partial charge on any atom is 0.225 e.